The molecule has 0 N–H and O–H groups in total. The summed E-state index contributed by atoms with van der Waals surface area (Å²) in [6, 6.07) is 12.1. The second kappa shape index (κ2) is 5.65. The van der Waals surface area contributed by atoms with Crippen LogP contribution in [0.5, 0.6) is 0 Å². The molecular weight excluding hydrogens is 236 g/mol. The minimum absolute atomic E-state index is 0.00932. The van der Waals surface area contributed by atoms with Gasteiger partial charge < -0.3 is 4.90 Å². The van der Waals surface area contributed by atoms with Crippen LogP contribution in [0.2, 0.25) is 0 Å². The number of ketones is 1. The predicted molar refractivity (Wildman–Crippen MR) is 78.1 cm³/mol. The molecule has 0 saturated heterocycles. The number of Topliss-reactive ketones (excluding diaryl/α,β-unsaturated/α-hetero) is 1. The number of aromatic nitrogens is 1. The monoisotopic (exact) mass is 254 g/mol. The number of pyridine rings is 1. The number of hydrogen-bond acceptors (Lipinski definition) is 3. The van der Waals surface area contributed by atoms with Crippen LogP contribution in [-0.4, -0.2) is 17.3 Å². The Bertz CT molecular complexity index is 558. The van der Waals surface area contributed by atoms with Gasteiger partial charge in [-0.3, -0.25) is 9.78 Å². The third-order valence-electron chi connectivity index (χ3n) is 3.08. The minimum atomic E-state index is -0.00932. The molecule has 19 heavy (non-hydrogen) atoms. The lowest BCUT2D eigenvalue weighted by Crippen LogP contribution is -2.16. The Labute approximate surface area is 113 Å². The van der Waals surface area contributed by atoms with Crippen LogP contribution in [-0.2, 0) is 0 Å². The van der Waals surface area contributed by atoms with Gasteiger partial charge in [0.2, 0.25) is 0 Å². The molecule has 1 heterocycles. The van der Waals surface area contributed by atoms with E-state index in [1.165, 1.54) is 12.5 Å². The van der Waals surface area contributed by atoms with Gasteiger partial charge in [-0.1, -0.05) is 17.7 Å². The molecule has 2 rings (SSSR count). The van der Waals surface area contributed by atoms with Crippen LogP contribution in [0.25, 0.3) is 0 Å². The molecule has 0 atom stereocenters. The van der Waals surface area contributed by atoms with E-state index >= 15 is 0 Å². The first-order valence-electron chi connectivity index (χ1n) is 6.43. The van der Waals surface area contributed by atoms with E-state index in [4.69, 9.17) is 0 Å². The maximum atomic E-state index is 11.2. The summed E-state index contributed by atoms with van der Waals surface area (Å²) in [7, 11) is 0. The zero-order valence-electron chi connectivity index (χ0n) is 11.6. The van der Waals surface area contributed by atoms with Gasteiger partial charge in [0.15, 0.2) is 5.78 Å². The first-order chi connectivity index (χ1) is 9.11. The van der Waals surface area contributed by atoms with Gasteiger partial charge >= 0.3 is 0 Å². The molecule has 0 aliphatic heterocycles. The van der Waals surface area contributed by atoms with Crippen LogP contribution >= 0.6 is 0 Å². The Kier molecular flexibility index (Phi) is 3.95. The van der Waals surface area contributed by atoms with Crippen molar-refractivity contribution in [2.45, 2.75) is 20.8 Å². The van der Waals surface area contributed by atoms with E-state index in [2.05, 4.69) is 48.0 Å². The average Bonchev–Trinajstić information content (AvgIpc) is 2.42. The lowest BCUT2D eigenvalue weighted by Gasteiger charge is -2.23. The van der Waals surface area contributed by atoms with E-state index in [-0.39, 0.29) is 5.78 Å². The molecule has 98 valence electrons. The molecule has 0 bridgehead atoms. The number of aryl methyl sites for hydroxylation is 1. The van der Waals surface area contributed by atoms with Crippen LogP contribution in [0.3, 0.4) is 0 Å². The molecule has 1 aromatic heterocycles. The summed E-state index contributed by atoms with van der Waals surface area (Å²) >= 11 is 0. The Morgan fingerprint density at radius 3 is 2.21 bits per heavy atom. The van der Waals surface area contributed by atoms with Gasteiger partial charge in [0.1, 0.15) is 5.69 Å². The van der Waals surface area contributed by atoms with Crippen LogP contribution in [0.15, 0.2) is 42.6 Å². The topological polar surface area (TPSA) is 33.2 Å². The van der Waals surface area contributed by atoms with Crippen molar-refractivity contribution in [3.8, 4) is 0 Å². The van der Waals surface area contributed by atoms with Crippen molar-refractivity contribution in [2.75, 3.05) is 11.4 Å². The quantitative estimate of drug-likeness (QED) is 0.779. The van der Waals surface area contributed by atoms with Crippen molar-refractivity contribution >= 4 is 17.2 Å². The standard InChI is InChI=1S/C16H18N2O/c1-4-18(14-7-5-12(2)6-8-14)15-9-10-16(13(3)19)17-11-15/h5-11H,4H2,1-3H3. The summed E-state index contributed by atoms with van der Waals surface area (Å²) in [6.45, 7) is 6.55. The smallest absolute Gasteiger partial charge is 0.178 e. The summed E-state index contributed by atoms with van der Waals surface area (Å²) in [5, 5.41) is 0. The number of nitrogens with zero attached hydrogens (tertiary/aromatic N) is 2. The molecule has 1 aromatic carbocycles. The van der Waals surface area contributed by atoms with Gasteiger partial charge in [0.05, 0.1) is 11.9 Å². The fourth-order valence-corrected chi connectivity index (χ4v) is 1.99. The van der Waals surface area contributed by atoms with Gasteiger partial charge in [-0.25, -0.2) is 0 Å². The summed E-state index contributed by atoms with van der Waals surface area (Å²) < 4.78 is 0. The van der Waals surface area contributed by atoms with Crippen LogP contribution in [0.4, 0.5) is 11.4 Å². The van der Waals surface area contributed by atoms with E-state index in [0.717, 1.165) is 17.9 Å². The van der Waals surface area contributed by atoms with E-state index < -0.39 is 0 Å². The highest BCUT2D eigenvalue weighted by molar-refractivity contribution is 5.92. The molecule has 0 amide bonds. The zero-order valence-corrected chi connectivity index (χ0v) is 11.6. The number of carbonyl (C=O) groups excluding carboxylic acids is 1. The van der Waals surface area contributed by atoms with Gasteiger partial charge in [0, 0.05) is 19.2 Å². The molecule has 0 aliphatic carbocycles. The number of hydrogen-bond donors (Lipinski definition) is 0. The fraction of sp³-hybridized carbons (Fsp3) is 0.250. The van der Waals surface area contributed by atoms with Crippen molar-refractivity contribution < 1.29 is 4.79 Å². The summed E-state index contributed by atoms with van der Waals surface area (Å²) in [5.41, 5.74) is 3.87. The van der Waals surface area contributed by atoms with E-state index in [9.17, 15) is 4.79 Å². The van der Waals surface area contributed by atoms with Crippen LogP contribution < -0.4 is 4.90 Å². The predicted octanol–water partition coefficient (Wildman–Crippen LogP) is 3.75. The largest absolute Gasteiger partial charge is 0.341 e. The number of anilines is 2. The molecular formula is C16H18N2O. The first-order valence-corrected chi connectivity index (χ1v) is 6.43. The van der Waals surface area contributed by atoms with Crippen LogP contribution in [0.1, 0.15) is 29.9 Å². The Hall–Kier alpha value is -2.16. The number of rotatable bonds is 4. The van der Waals surface area contributed by atoms with Crippen LogP contribution in [0, 0.1) is 6.92 Å². The van der Waals surface area contributed by atoms with E-state index in [1.54, 1.807) is 12.3 Å². The SMILES string of the molecule is CCN(c1ccc(C)cc1)c1ccc(C(C)=O)nc1. The van der Waals surface area contributed by atoms with Gasteiger partial charge in [-0.05, 0) is 38.1 Å². The van der Waals surface area contributed by atoms with Gasteiger partial charge in [0.25, 0.3) is 0 Å². The van der Waals surface area contributed by atoms with E-state index in [0.29, 0.717) is 5.69 Å². The molecule has 0 spiro atoms. The lowest BCUT2D eigenvalue weighted by molar-refractivity contribution is 0.101. The second-order valence-corrected chi connectivity index (χ2v) is 4.54. The molecule has 2 aromatic rings. The average molecular weight is 254 g/mol. The van der Waals surface area contributed by atoms with Crippen molar-refractivity contribution in [3.63, 3.8) is 0 Å². The maximum absolute atomic E-state index is 11.2. The normalized spacial score (nSPS) is 10.3. The molecule has 0 radical (unpaired) electrons. The highest BCUT2D eigenvalue weighted by Gasteiger charge is 2.08. The van der Waals surface area contributed by atoms with Gasteiger partial charge in [-0.15, -0.1) is 0 Å². The molecule has 0 fully saturated rings. The van der Waals surface area contributed by atoms with Crippen molar-refractivity contribution in [3.05, 3.63) is 53.9 Å². The molecule has 0 aliphatic rings. The van der Waals surface area contributed by atoms with E-state index in [1.807, 2.05) is 6.07 Å². The highest BCUT2D eigenvalue weighted by Crippen LogP contribution is 2.24. The second-order valence-electron chi connectivity index (χ2n) is 4.54. The third-order valence-corrected chi connectivity index (χ3v) is 3.08. The Balaban J connectivity index is 2.31. The summed E-state index contributed by atoms with van der Waals surface area (Å²) in [6.07, 6.45) is 1.75. The molecule has 3 nitrogen and oxygen atoms in total. The first kappa shape index (κ1) is 13.3. The summed E-state index contributed by atoms with van der Waals surface area (Å²) in [4.78, 5) is 17.6. The van der Waals surface area contributed by atoms with Crippen molar-refractivity contribution in [2.24, 2.45) is 0 Å². The molecule has 0 unspecified atom stereocenters. The number of benzene rings is 1. The minimum Gasteiger partial charge on any atom is -0.341 e. The van der Waals surface area contributed by atoms with Crippen molar-refractivity contribution in [1.82, 2.24) is 4.98 Å². The lowest BCUT2D eigenvalue weighted by atomic mass is 10.2. The Morgan fingerprint density at radius 1 is 1.11 bits per heavy atom. The maximum Gasteiger partial charge on any atom is 0.178 e. The molecule has 3 heteroatoms. The zero-order chi connectivity index (χ0) is 13.8. The molecule has 0 saturated carbocycles. The highest BCUT2D eigenvalue weighted by atomic mass is 16.1. The van der Waals surface area contributed by atoms with Crippen molar-refractivity contribution in [1.29, 1.82) is 0 Å². The summed E-state index contributed by atoms with van der Waals surface area (Å²) in [5.74, 6) is -0.00932. The number of carbonyl (C=O) groups is 1. The fourth-order valence-electron chi connectivity index (χ4n) is 1.99. The van der Waals surface area contributed by atoms with Gasteiger partial charge in [-0.2, -0.15) is 0 Å². The third kappa shape index (κ3) is 2.99. The Morgan fingerprint density at radius 2 is 1.74 bits per heavy atom.